The van der Waals surface area contributed by atoms with Gasteiger partial charge in [-0.1, -0.05) is 15.9 Å². The van der Waals surface area contributed by atoms with Crippen molar-refractivity contribution in [3.63, 3.8) is 0 Å². The Balaban J connectivity index is 2.36. The molecule has 0 saturated heterocycles. The SMILES string of the molecule is Cc1cc(Nc2c(F)cc(Br)cc2F)ccc1C(=O)O. The second-order valence-electron chi connectivity index (χ2n) is 4.20. The van der Waals surface area contributed by atoms with Gasteiger partial charge in [-0.15, -0.1) is 0 Å². The van der Waals surface area contributed by atoms with Gasteiger partial charge in [-0.25, -0.2) is 13.6 Å². The van der Waals surface area contributed by atoms with Crippen LogP contribution in [0.3, 0.4) is 0 Å². The van der Waals surface area contributed by atoms with Gasteiger partial charge in [0.2, 0.25) is 0 Å². The number of aromatic carboxylic acids is 1. The van der Waals surface area contributed by atoms with Gasteiger partial charge in [0.1, 0.15) is 5.69 Å². The number of hydrogen-bond donors (Lipinski definition) is 2. The Bertz CT molecular complexity index is 666. The summed E-state index contributed by atoms with van der Waals surface area (Å²) in [6.07, 6.45) is 0. The number of hydrogen-bond acceptors (Lipinski definition) is 2. The van der Waals surface area contributed by atoms with Crippen molar-refractivity contribution in [1.29, 1.82) is 0 Å². The molecule has 0 unspecified atom stereocenters. The number of halogens is 3. The third-order valence-electron chi connectivity index (χ3n) is 2.73. The largest absolute Gasteiger partial charge is 0.478 e. The summed E-state index contributed by atoms with van der Waals surface area (Å²) < 4.78 is 27.7. The topological polar surface area (TPSA) is 49.3 Å². The fraction of sp³-hybridized carbons (Fsp3) is 0.0714. The number of rotatable bonds is 3. The van der Waals surface area contributed by atoms with Crippen molar-refractivity contribution in [3.05, 3.63) is 57.6 Å². The van der Waals surface area contributed by atoms with Crippen LogP contribution in [0.4, 0.5) is 20.2 Å². The Kier molecular flexibility index (Phi) is 4.04. The van der Waals surface area contributed by atoms with Crippen LogP contribution in [0.2, 0.25) is 0 Å². The van der Waals surface area contributed by atoms with Crippen molar-refractivity contribution >= 4 is 33.3 Å². The Morgan fingerprint density at radius 1 is 1.20 bits per heavy atom. The standard InChI is InChI=1S/C14H10BrF2NO2/c1-7-4-9(2-3-10(7)14(19)20)18-13-11(16)5-8(15)6-12(13)17/h2-6,18H,1H3,(H,19,20). The highest BCUT2D eigenvalue weighted by Gasteiger charge is 2.12. The Labute approximate surface area is 122 Å². The Morgan fingerprint density at radius 2 is 1.80 bits per heavy atom. The maximum absolute atomic E-state index is 13.7. The molecule has 2 rings (SSSR count). The number of carbonyl (C=O) groups is 1. The predicted octanol–water partition coefficient (Wildman–Crippen LogP) is 4.48. The predicted molar refractivity (Wildman–Crippen MR) is 75.5 cm³/mol. The first-order valence-electron chi connectivity index (χ1n) is 5.64. The molecule has 0 fully saturated rings. The highest BCUT2D eigenvalue weighted by molar-refractivity contribution is 9.10. The summed E-state index contributed by atoms with van der Waals surface area (Å²) in [5, 5.41) is 11.5. The summed E-state index contributed by atoms with van der Waals surface area (Å²) in [6.45, 7) is 1.61. The van der Waals surface area contributed by atoms with Gasteiger partial charge in [0, 0.05) is 10.2 Å². The molecule has 2 N–H and O–H groups in total. The molecule has 2 aromatic carbocycles. The molecule has 0 spiro atoms. The van der Waals surface area contributed by atoms with Crippen molar-refractivity contribution in [2.75, 3.05) is 5.32 Å². The Morgan fingerprint density at radius 3 is 2.30 bits per heavy atom. The number of anilines is 2. The summed E-state index contributed by atoms with van der Waals surface area (Å²) in [6, 6.07) is 6.64. The highest BCUT2D eigenvalue weighted by Crippen LogP contribution is 2.27. The summed E-state index contributed by atoms with van der Waals surface area (Å²) >= 11 is 3.00. The molecule has 0 atom stereocenters. The van der Waals surface area contributed by atoms with E-state index in [0.29, 0.717) is 15.7 Å². The first kappa shape index (κ1) is 14.5. The number of aryl methyl sites for hydroxylation is 1. The average Bonchev–Trinajstić information content (AvgIpc) is 2.33. The number of carboxylic acids is 1. The molecule has 0 heterocycles. The maximum Gasteiger partial charge on any atom is 0.335 e. The lowest BCUT2D eigenvalue weighted by Crippen LogP contribution is -2.02. The van der Waals surface area contributed by atoms with E-state index in [4.69, 9.17) is 5.11 Å². The fourth-order valence-corrected chi connectivity index (χ4v) is 2.19. The molecule has 0 aromatic heterocycles. The van der Waals surface area contributed by atoms with Crippen LogP contribution in [-0.2, 0) is 0 Å². The molecular formula is C14H10BrF2NO2. The molecule has 0 amide bonds. The molecule has 104 valence electrons. The summed E-state index contributed by atoms with van der Waals surface area (Å²) in [4.78, 5) is 10.9. The number of carboxylic acid groups (broad SMARTS) is 1. The third kappa shape index (κ3) is 2.96. The highest BCUT2D eigenvalue weighted by atomic mass is 79.9. The van der Waals surface area contributed by atoms with E-state index in [2.05, 4.69) is 21.2 Å². The van der Waals surface area contributed by atoms with E-state index in [-0.39, 0.29) is 11.3 Å². The second-order valence-corrected chi connectivity index (χ2v) is 5.12. The average molecular weight is 342 g/mol. The summed E-state index contributed by atoms with van der Waals surface area (Å²) in [5.74, 6) is -2.52. The van der Waals surface area contributed by atoms with E-state index < -0.39 is 17.6 Å². The maximum atomic E-state index is 13.7. The normalized spacial score (nSPS) is 10.4. The lowest BCUT2D eigenvalue weighted by Gasteiger charge is -2.11. The minimum atomic E-state index is -1.05. The zero-order chi connectivity index (χ0) is 14.9. The van der Waals surface area contributed by atoms with Crippen LogP contribution < -0.4 is 5.32 Å². The quantitative estimate of drug-likeness (QED) is 0.865. The first-order chi connectivity index (χ1) is 9.38. The summed E-state index contributed by atoms with van der Waals surface area (Å²) in [5.41, 5.74) is 0.774. The number of nitrogens with one attached hydrogen (secondary N) is 1. The van der Waals surface area contributed by atoms with E-state index >= 15 is 0 Å². The molecule has 0 aliphatic rings. The van der Waals surface area contributed by atoms with Gasteiger partial charge >= 0.3 is 5.97 Å². The smallest absolute Gasteiger partial charge is 0.335 e. The van der Waals surface area contributed by atoms with Crippen molar-refractivity contribution in [2.24, 2.45) is 0 Å². The van der Waals surface area contributed by atoms with Crippen molar-refractivity contribution in [3.8, 4) is 0 Å². The van der Waals surface area contributed by atoms with Gasteiger partial charge in [0.15, 0.2) is 11.6 Å². The zero-order valence-electron chi connectivity index (χ0n) is 10.4. The van der Waals surface area contributed by atoms with E-state index in [9.17, 15) is 13.6 Å². The van der Waals surface area contributed by atoms with Crippen LogP contribution >= 0.6 is 15.9 Å². The van der Waals surface area contributed by atoms with E-state index in [0.717, 1.165) is 12.1 Å². The van der Waals surface area contributed by atoms with E-state index in [1.54, 1.807) is 6.92 Å². The van der Waals surface area contributed by atoms with Gasteiger partial charge in [-0.05, 0) is 42.8 Å². The van der Waals surface area contributed by atoms with Crippen molar-refractivity contribution in [1.82, 2.24) is 0 Å². The van der Waals surface area contributed by atoms with Crippen molar-refractivity contribution < 1.29 is 18.7 Å². The van der Waals surface area contributed by atoms with Crippen LogP contribution in [0, 0.1) is 18.6 Å². The molecular weight excluding hydrogens is 332 g/mol. The second kappa shape index (κ2) is 5.58. The van der Waals surface area contributed by atoms with Gasteiger partial charge in [0.25, 0.3) is 0 Å². The monoisotopic (exact) mass is 341 g/mol. The summed E-state index contributed by atoms with van der Waals surface area (Å²) in [7, 11) is 0. The minimum Gasteiger partial charge on any atom is -0.478 e. The number of benzene rings is 2. The van der Waals surface area contributed by atoms with Crippen LogP contribution in [0.15, 0.2) is 34.8 Å². The molecule has 0 aliphatic heterocycles. The Hall–Kier alpha value is -1.95. The minimum absolute atomic E-state index is 0.146. The fourth-order valence-electron chi connectivity index (χ4n) is 1.79. The third-order valence-corrected chi connectivity index (χ3v) is 3.19. The molecule has 3 nitrogen and oxygen atoms in total. The molecule has 0 radical (unpaired) electrons. The van der Waals surface area contributed by atoms with Gasteiger partial charge in [-0.2, -0.15) is 0 Å². The molecule has 0 bridgehead atoms. The lowest BCUT2D eigenvalue weighted by molar-refractivity contribution is 0.0696. The van der Waals surface area contributed by atoms with Crippen LogP contribution in [0.25, 0.3) is 0 Å². The van der Waals surface area contributed by atoms with Crippen LogP contribution in [0.1, 0.15) is 15.9 Å². The van der Waals surface area contributed by atoms with E-state index in [1.807, 2.05) is 0 Å². The van der Waals surface area contributed by atoms with Crippen molar-refractivity contribution in [2.45, 2.75) is 6.92 Å². The molecule has 0 aliphatic carbocycles. The lowest BCUT2D eigenvalue weighted by atomic mass is 10.1. The molecule has 6 heteroatoms. The first-order valence-corrected chi connectivity index (χ1v) is 6.43. The molecule has 0 saturated carbocycles. The molecule has 2 aromatic rings. The zero-order valence-corrected chi connectivity index (χ0v) is 12.0. The van der Waals surface area contributed by atoms with Gasteiger partial charge in [0.05, 0.1) is 5.56 Å². The van der Waals surface area contributed by atoms with Gasteiger partial charge in [-0.3, -0.25) is 0 Å². The van der Waals surface area contributed by atoms with Crippen LogP contribution in [0.5, 0.6) is 0 Å². The van der Waals surface area contributed by atoms with E-state index in [1.165, 1.54) is 18.2 Å². The van der Waals surface area contributed by atoms with Gasteiger partial charge < -0.3 is 10.4 Å². The van der Waals surface area contributed by atoms with Crippen LogP contribution in [-0.4, -0.2) is 11.1 Å². The molecule has 20 heavy (non-hydrogen) atoms.